The zero-order valence-electron chi connectivity index (χ0n) is 12.0. The van der Waals surface area contributed by atoms with Gasteiger partial charge >= 0.3 is 0 Å². The quantitative estimate of drug-likeness (QED) is 0.894. The number of H-pyrrole nitrogens is 1. The number of fused-ring (bicyclic) bond motifs is 1. The highest BCUT2D eigenvalue weighted by atomic mass is 32.2. The van der Waals surface area contributed by atoms with Gasteiger partial charge in [-0.1, -0.05) is 18.2 Å². The molecule has 0 amide bonds. The maximum atomic E-state index is 13.0. The van der Waals surface area contributed by atoms with Crippen molar-refractivity contribution in [3.63, 3.8) is 0 Å². The Balaban J connectivity index is 2.15. The van der Waals surface area contributed by atoms with Crippen LogP contribution < -0.4 is 10.0 Å². The van der Waals surface area contributed by atoms with Crippen LogP contribution in [0, 0.1) is 6.92 Å². The van der Waals surface area contributed by atoms with E-state index in [4.69, 9.17) is 5.73 Å². The van der Waals surface area contributed by atoms with Crippen molar-refractivity contribution in [2.24, 2.45) is 5.73 Å². The predicted molar refractivity (Wildman–Crippen MR) is 80.5 cm³/mol. The van der Waals surface area contributed by atoms with Gasteiger partial charge in [0.15, 0.2) is 0 Å². The van der Waals surface area contributed by atoms with Crippen LogP contribution in [0.4, 0.5) is 5.69 Å². The lowest BCUT2D eigenvalue weighted by atomic mass is 10.1. The van der Waals surface area contributed by atoms with E-state index in [9.17, 15) is 8.42 Å². The van der Waals surface area contributed by atoms with Crippen molar-refractivity contribution in [3.8, 4) is 0 Å². The molecule has 2 aromatic rings. The van der Waals surface area contributed by atoms with E-state index >= 15 is 0 Å². The number of aromatic amines is 1. The van der Waals surface area contributed by atoms with Crippen LogP contribution in [0.1, 0.15) is 23.7 Å². The third kappa shape index (κ3) is 2.04. The molecule has 6 nitrogen and oxygen atoms in total. The molecule has 3 rings (SSSR count). The Hall–Kier alpha value is -1.86. The molecule has 2 heterocycles. The predicted octanol–water partition coefficient (Wildman–Crippen LogP) is 1.32. The molecule has 1 aliphatic rings. The molecule has 7 heteroatoms. The summed E-state index contributed by atoms with van der Waals surface area (Å²) in [6.07, 6.45) is 0.705. The van der Waals surface area contributed by atoms with Crippen molar-refractivity contribution in [1.82, 2.24) is 10.2 Å². The maximum Gasteiger partial charge on any atom is 0.284 e. The van der Waals surface area contributed by atoms with Gasteiger partial charge in [0.1, 0.15) is 0 Å². The van der Waals surface area contributed by atoms with E-state index in [0.717, 1.165) is 11.3 Å². The van der Waals surface area contributed by atoms with E-state index in [2.05, 4.69) is 10.2 Å². The Bertz CT molecular complexity index is 782. The van der Waals surface area contributed by atoms with Crippen LogP contribution in [-0.2, 0) is 23.0 Å². The molecule has 1 aromatic carbocycles. The average molecular weight is 306 g/mol. The van der Waals surface area contributed by atoms with Crippen LogP contribution in [-0.4, -0.2) is 24.7 Å². The largest absolute Gasteiger partial charge is 0.326 e. The van der Waals surface area contributed by atoms with E-state index in [-0.39, 0.29) is 17.6 Å². The van der Waals surface area contributed by atoms with E-state index < -0.39 is 10.0 Å². The SMILES string of the molecule is Cc1[nH]nc(S(=O)(=O)N2c3ccccc3CC2C)c1CN. The summed E-state index contributed by atoms with van der Waals surface area (Å²) in [6.45, 7) is 3.81. The van der Waals surface area contributed by atoms with Crippen molar-refractivity contribution in [1.29, 1.82) is 0 Å². The number of rotatable bonds is 3. The first-order chi connectivity index (χ1) is 9.96. The van der Waals surface area contributed by atoms with Gasteiger partial charge in [-0.2, -0.15) is 13.5 Å². The molecular formula is C14H18N4O2S. The third-order valence-corrected chi connectivity index (χ3v) is 5.79. The smallest absolute Gasteiger partial charge is 0.284 e. The molecule has 112 valence electrons. The molecule has 0 fully saturated rings. The number of aryl methyl sites for hydroxylation is 1. The van der Waals surface area contributed by atoms with Gasteiger partial charge in [-0.15, -0.1) is 0 Å². The molecule has 1 aliphatic heterocycles. The fraction of sp³-hybridized carbons (Fsp3) is 0.357. The standard InChI is InChI=1S/C14H18N4O2S/c1-9-7-11-5-3-4-6-13(11)18(9)21(19,20)14-12(8-15)10(2)16-17-14/h3-6,9H,7-8,15H2,1-2H3,(H,16,17). The number of hydrogen-bond acceptors (Lipinski definition) is 4. The minimum atomic E-state index is -3.71. The Labute approximate surface area is 124 Å². The Morgan fingerprint density at radius 3 is 2.86 bits per heavy atom. The molecule has 21 heavy (non-hydrogen) atoms. The van der Waals surface area contributed by atoms with Gasteiger partial charge in [0.05, 0.1) is 5.69 Å². The fourth-order valence-corrected chi connectivity index (χ4v) is 4.76. The lowest BCUT2D eigenvalue weighted by Gasteiger charge is -2.23. The number of benzene rings is 1. The van der Waals surface area contributed by atoms with E-state index in [1.165, 1.54) is 4.31 Å². The topological polar surface area (TPSA) is 92.1 Å². The van der Waals surface area contributed by atoms with Crippen molar-refractivity contribution < 1.29 is 8.42 Å². The van der Waals surface area contributed by atoms with Gasteiger partial charge in [0.25, 0.3) is 10.0 Å². The van der Waals surface area contributed by atoms with Gasteiger partial charge in [-0.05, 0) is 31.9 Å². The van der Waals surface area contributed by atoms with Gasteiger partial charge in [-0.25, -0.2) is 0 Å². The van der Waals surface area contributed by atoms with Crippen molar-refractivity contribution >= 4 is 15.7 Å². The Morgan fingerprint density at radius 2 is 2.14 bits per heavy atom. The zero-order valence-corrected chi connectivity index (χ0v) is 12.8. The molecule has 0 saturated heterocycles. The molecule has 0 radical (unpaired) electrons. The minimum Gasteiger partial charge on any atom is -0.326 e. The molecule has 0 bridgehead atoms. The maximum absolute atomic E-state index is 13.0. The highest BCUT2D eigenvalue weighted by Crippen LogP contribution is 2.36. The van der Waals surface area contributed by atoms with Gasteiger partial charge in [0, 0.05) is 23.8 Å². The number of anilines is 1. The average Bonchev–Trinajstić information content (AvgIpc) is 2.98. The summed E-state index contributed by atoms with van der Waals surface area (Å²) in [6, 6.07) is 7.43. The van der Waals surface area contributed by atoms with Crippen LogP contribution in [0.25, 0.3) is 0 Å². The van der Waals surface area contributed by atoms with Crippen LogP contribution in [0.5, 0.6) is 0 Å². The highest BCUT2D eigenvalue weighted by molar-refractivity contribution is 7.92. The van der Waals surface area contributed by atoms with E-state index in [0.29, 0.717) is 17.7 Å². The fourth-order valence-electron chi connectivity index (χ4n) is 2.88. The summed E-state index contributed by atoms with van der Waals surface area (Å²) >= 11 is 0. The Kier molecular flexibility index (Phi) is 3.26. The summed E-state index contributed by atoms with van der Waals surface area (Å²) < 4.78 is 27.4. The number of nitrogens with zero attached hydrogens (tertiary/aromatic N) is 2. The van der Waals surface area contributed by atoms with E-state index in [1.54, 1.807) is 6.92 Å². The summed E-state index contributed by atoms with van der Waals surface area (Å²) in [5, 5.41) is 6.73. The summed E-state index contributed by atoms with van der Waals surface area (Å²) in [7, 11) is -3.71. The minimum absolute atomic E-state index is 0.0334. The second-order valence-electron chi connectivity index (χ2n) is 5.32. The number of hydrogen-bond donors (Lipinski definition) is 2. The lowest BCUT2D eigenvalue weighted by Crippen LogP contribution is -2.36. The summed E-state index contributed by atoms with van der Waals surface area (Å²) in [5.41, 5.74) is 8.68. The number of nitrogens with two attached hydrogens (primary N) is 1. The van der Waals surface area contributed by atoms with Crippen molar-refractivity contribution in [2.75, 3.05) is 4.31 Å². The van der Waals surface area contributed by atoms with Crippen molar-refractivity contribution in [3.05, 3.63) is 41.1 Å². The molecule has 0 saturated carbocycles. The monoisotopic (exact) mass is 306 g/mol. The molecule has 3 N–H and O–H groups in total. The van der Waals surface area contributed by atoms with Crippen LogP contribution in [0.15, 0.2) is 29.3 Å². The number of aromatic nitrogens is 2. The first-order valence-corrected chi connectivity index (χ1v) is 8.27. The van der Waals surface area contributed by atoms with Gasteiger partial charge < -0.3 is 5.73 Å². The molecule has 0 aliphatic carbocycles. The second kappa shape index (κ2) is 4.85. The van der Waals surface area contributed by atoms with E-state index in [1.807, 2.05) is 31.2 Å². The van der Waals surface area contributed by atoms with Crippen molar-refractivity contribution in [2.45, 2.75) is 37.9 Å². The van der Waals surface area contributed by atoms with Crippen LogP contribution >= 0.6 is 0 Å². The third-order valence-electron chi connectivity index (χ3n) is 3.89. The molecule has 1 aromatic heterocycles. The van der Waals surface area contributed by atoms with Crippen LogP contribution in [0.3, 0.4) is 0 Å². The molecule has 1 unspecified atom stereocenters. The van der Waals surface area contributed by atoms with Crippen LogP contribution in [0.2, 0.25) is 0 Å². The highest BCUT2D eigenvalue weighted by Gasteiger charge is 2.38. The number of para-hydroxylation sites is 1. The van der Waals surface area contributed by atoms with Gasteiger partial charge in [-0.3, -0.25) is 9.40 Å². The second-order valence-corrected chi connectivity index (χ2v) is 7.05. The van der Waals surface area contributed by atoms with Gasteiger partial charge in [0.2, 0.25) is 5.03 Å². The number of sulfonamides is 1. The summed E-state index contributed by atoms with van der Waals surface area (Å²) in [5.74, 6) is 0. The first-order valence-electron chi connectivity index (χ1n) is 6.83. The molecule has 1 atom stereocenters. The molecular weight excluding hydrogens is 288 g/mol. The number of nitrogens with one attached hydrogen (secondary N) is 1. The lowest BCUT2D eigenvalue weighted by molar-refractivity contribution is 0.578. The molecule has 0 spiro atoms. The first kappa shape index (κ1) is 14.1. The zero-order chi connectivity index (χ0) is 15.2. The normalized spacial score (nSPS) is 18.0. The summed E-state index contributed by atoms with van der Waals surface area (Å²) in [4.78, 5) is 0. The Morgan fingerprint density at radius 1 is 1.43 bits per heavy atom.